The average molecular weight is 281 g/mol. The van der Waals surface area contributed by atoms with Crippen LogP contribution in [0.4, 0.5) is 0 Å². The van der Waals surface area contributed by atoms with Gasteiger partial charge in [-0.1, -0.05) is 72.8 Å². The van der Waals surface area contributed by atoms with Gasteiger partial charge in [-0.25, -0.2) is 0 Å². The maximum Gasteiger partial charge on any atom is 0.0588 e. The normalized spacial score (nSPS) is 12.4. The van der Waals surface area contributed by atoms with E-state index >= 15 is 0 Å². The molecule has 3 aromatic rings. The third kappa shape index (κ3) is 2.86. The van der Waals surface area contributed by atoms with Crippen LogP contribution < -0.4 is 0 Å². The van der Waals surface area contributed by atoms with Gasteiger partial charge in [0.15, 0.2) is 0 Å². The zero-order valence-corrected chi connectivity index (χ0v) is 12.1. The van der Waals surface area contributed by atoms with E-state index in [9.17, 15) is 0 Å². The Kier molecular flexibility index (Phi) is 4.03. The molecular formula is C19H17Cl. The van der Waals surface area contributed by atoms with Crippen molar-refractivity contribution in [3.63, 3.8) is 0 Å². The van der Waals surface area contributed by atoms with Crippen molar-refractivity contribution < 1.29 is 0 Å². The van der Waals surface area contributed by atoms with Crippen LogP contribution in [0.15, 0.2) is 72.8 Å². The van der Waals surface area contributed by atoms with E-state index < -0.39 is 0 Å². The predicted octanol–water partition coefficient (Wildman–Crippen LogP) is 5.75. The van der Waals surface area contributed by atoms with Gasteiger partial charge in [0.2, 0.25) is 0 Å². The SMILES string of the molecule is ClC(CCc1cccc2ccccc12)c1ccccc1. The molecule has 1 unspecified atom stereocenters. The van der Waals surface area contributed by atoms with Gasteiger partial charge in [0.05, 0.1) is 5.38 Å². The highest BCUT2D eigenvalue weighted by atomic mass is 35.5. The van der Waals surface area contributed by atoms with E-state index in [4.69, 9.17) is 11.6 Å². The Labute approximate surface area is 125 Å². The van der Waals surface area contributed by atoms with Gasteiger partial charge >= 0.3 is 0 Å². The van der Waals surface area contributed by atoms with Crippen molar-refractivity contribution >= 4 is 22.4 Å². The Balaban J connectivity index is 1.77. The quantitative estimate of drug-likeness (QED) is 0.534. The molecule has 0 aromatic heterocycles. The molecule has 0 nitrogen and oxygen atoms in total. The van der Waals surface area contributed by atoms with Crippen molar-refractivity contribution in [2.24, 2.45) is 0 Å². The van der Waals surface area contributed by atoms with Gasteiger partial charge in [0.1, 0.15) is 0 Å². The molecule has 1 atom stereocenters. The molecule has 0 spiro atoms. The lowest BCUT2D eigenvalue weighted by Gasteiger charge is -2.11. The summed E-state index contributed by atoms with van der Waals surface area (Å²) in [5.74, 6) is 0. The fourth-order valence-electron chi connectivity index (χ4n) is 2.62. The summed E-state index contributed by atoms with van der Waals surface area (Å²) >= 11 is 6.51. The summed E-state index contributed by atoms with van der Waals surface area (Å²) in [4.78, 5) is 0. The van der Waals surface area contributed by atoms with Crippen molar-refractivity contribution in [1.29, 1.82) is 0 Å². The van der Waals surface area contributed by atoms with E-state index in [2.05, 4.69) is 54.6 Å². The molecule has 100 valence electrons. The molecule has 3 rings (SSSR count). The first kappa shape index (κ1) is 13.2. The number of halogens is 1. The van der Waals surface area contributed by atoms with Gasteiger partial charge in [-0.2, -0.15) is 0 Å². The Morgan fingerprint density at radius 2 is 1.45 bits per heavy atom. The minimum absolute atomic E-state index is 0.0789. The fourth-order valence-corrected chi connectivity index (χ4v) is 2.88. The molecule has 0 heterocycles. The summed E-state index contributed by atoms with van der Waals surface area (Å²) in [6.07, 6.45) is 1.96. The lowest BCUT2D eigenvalue weighted by Crippen LogP contribution is -1.94. The van der Waals surface area contributed by atoms with Crippen LogP contribution in [0, 0.1) is 0 Å². The zero-order valence-electron chi connectivity index (χ0n) is 11.3. The minimum Gasteiger partial charge on any atom is -0.118 e. The largest absolute Gasteiger partial charge is 0.118 e. The molecule has 0 aliphatic heterocycles. The molecule has 20 heavy (non-hydrogen) atoms. The molecule has 3 aromatic carbocycles. The van der Waals surface area contributed by atoms with Gasteiger partial charge in [-0.15, -0.1) is 11.6 Å². The smallest absolute Gasteiger partial charge is 0.0588 e. The summed E-state index contributed by atoms with van der Waals surface area (Å²) in [5.41, 5.74) is 2.58. The molecule has 0 N–H and O–H groups in total. The van der Waals surface area contributed by atoms with Gasteiger partial charge in [0.25, 0.3) is 0 Å². The predicted molar refractivity (Wildman–Crippen MR) is 87.3 cm³/mol. The molecular weight excluding hydrogens is 264 g/mol. The fraction of sp³-hybridized carbons (Fsp3) is 0.158. The number of benzene rings is 3. The van der Waals surface area contributed by atoms with Crippen LogP contribution in [-0.2, 0) is 6.42 Å². The highest BCUT2D eigenvalue weighted by Crippen LogP contribution is 2.27. The molecule has 0 aliphatic carbocycles. The second kappa shape index (κ2) is 6.11. The Hall–Kier alpha value is -1.79. The van der Waals surface area contributed by atoms with E-state index in [1.165, 1.54) is 21.9 Å². The highest BCUT2D eigenvalue weighted by Gasteiger charge is 2.08. The molecule has 0 bridgehead atoms. The van der Waals surface area contributed by atoms with Crippen LogP contribution in [0.5, 0.6) is 0 Å². The number of hydrogen-bond donors (Lipinski definition) is 0. The number of hydrogen-bond acceptors (Lipinski definition) is 0. The number of alkyl halides is 1. The summed E-state index contributed by atoms with van der Waals surface area (Å²) < 4.78 is 0. The van der Waals surface area contributed by atoms with E-state index in [0.717, 1.165) is 12.8 Å². The van der Waals surface area contributed by atoms with Crippen molar-refractivity contribution in [1.82, 2.24) is 0 Å². The lowest BCUT2D eigenvalue weighted by atomic mass is 9.98. The summed E-state index contributed by atoms with van der Waals surface area (Å²) in [6.45, 7) is 0. The summed E-state index contributed by atoms with van der Waals surface area (Å²) in [5, 5.41) is 2.72. The standard InChI is InChI=1S/C19H17Cl/c20-19(17-8-2-1-3-9-17)14-13-16-11-6-10-15-7-4-5-12-18(15)16/h1-12,19H,13-14H2. The Morgan fingerprint density at radius 3 is 2.30 bits per heavy atom. The third-order valence-electron chi connectivity index (χ3n) is 3.71. The van der Waals surface area contributed by atoms with Crippen LogP contribution in [0.1, 0.15) is 22.9 Å². The molecule has 0 saturated carbocycles. The number of fused-ring (bicyclic) bond motifs is 1. The van der Waals surface area contributed by atoms with Crippen LogP contribution >= 0.6 is 11.6 Å². The molecule has 0 saturated heterocycles. The maximum absolute atomic E-state index is 6.51. The monoisotopic (exact) mass is 280 g/mol. The summed E-state index contributed by atoms with van der Waals surface area (Å²) in [7, 11) is 0. The van der Waals surface area contributed by atoms with Crippen LogP contribution in [-0.4, -0.2) is 0 Å². The minimum atomic E-state index is 0.0789. The van der Waals surface area contributed by atoms with Crippen LogP contribution in [0.25, 0.3) is 10.8 Å². The number of rotatable bonds is 4. The van der Waals surface area contributed by atoms with E-state index in [1.807, 2.05) is 18.2 Å². The van der Waals surface area contributed by atoms with Crippen molar-refractivity contribution in [3.8, 4) is 0 Å². The zero-order chi connectivity index (χ0) is 13.8. The first-order valence-corrected chi connectivity index (χ1v) is 7.44. The second-order valence-corrected chi connectivity index (χ2v) is 5.58. The van der Waals surface area contributed by atoms with E-state index in [0.29, 0.717) is 0 Å². The first-order valence-electron chi connectivity index (χ1n) is 7.00. The topological polar surface area (TPSA) is 0 Å². The molecule has 0 fully saturated rings. The summed E-state index contributed by atoms with van der Waals surface area (Å²) in [6, 6.07) is 25.3. The second-order valence-electron chi connectivity index (χ2n) is 5.06. The van der Waals surface area contributed by atoms with Crippen LogP contribution in [0.2, 0.25) is 0 Å². The van der Waals surface area contributed by atoms with Gasteiger partial charge in [0, 0.05) is 0 Å². The Morgan fingerprint density at radius 1 is 0.750 bits per heavy atom. The molecule has 0 aliphatic rings. The van der Waals surface area contributed by atoms with Crippen molar-refractivity contribution in [2.45, 2.75) is 18.2 Å². The average Bonchev–Trinajstić information content (AvgIpc) is 2.53. The third-order valence-corrected chi connectivity index (χ3v) is 4.18. The van der Waals surface area contributed by atoms with Crippen molar-refractivity contribution in [2.75, 3.05) is 0 Å². The van der Waals surface area contributed by atoms with E-state index in [1.54, 1.807) is 0 Å². The maximum atomic E-state index is 6.51. The molecule has 1 heteroatoms. The highest BCUT2D eigenvalue weighted by molar-refractivity contribution is 6.20. The van der Waals surface area contributed by atoms with Gasteiger partial charge < -0.3 is 0 Å². The van der Waals surface area contributed by atoms with Crippen molar-refractivity contribution in [3.05, 3.63) is 83.9 Å². The number of aryl methyl sites for hydroxylation is 1. The van der Waals surface area contributed by atoms with Crippen LogP contribution in [0.3, 0.4) is 0 Å². The Bertz CT molecular complexity index is 683. The first-order chi connectivity index (χ1) is 9.84. The lowest BCUT2D eigenvalue weighted by molar-refractivity contribution is 0.797. The van der Waals surface area contributed by atoms with E-state index in [-0.39, 0.29) is 5.38 Å². The van der Waals surface area contributed by atoms with Gasteiger partial charge in [-0.05, 0) is 34.7 Å². The molecule has 0 radical (unpaired) electrons. The molecule has 0 amide bonds. The van der Waals surface area contributed by atoms with Gasteiger partial charge in [-0.3, -0.25) is 0 Å².